The fourth-order valence-corrected chi connectivity index (χ4v) is 3.91. The van der Waals surface area contributed by atoms with Crippen LogP contribution in [0.2, 0.25) is 0 Å². The lowest BCUT2D eigenvalue weighted by Crippen LogP contribution is -2.39. The van der Waals surface area contributed by atoms with Gasteiger partial charge in [-0.2, -0.15) is 11.8 Å². The summed E-state index contributed by atoms with van der Waals surface area (Å²) in [6.45, 7) is 2.23. The van der Waals surface area contributed by atoms with E-state index in [0.29, 0.717) is 12.5 Å². The van der Waals surface area contributed by atoms with Gasteiger partial charge in [-0.3, -0.25) is 4.79 Å². The maximum atomic E-state index is 11.9. The van der Waals surface area contributed by atoms with E-state index in [1.165, 1.54) is 25.7 Å². The molecule has 2 fully saturated rings. The minimum absolute atomic E-state index is 0. The van der Waals surface area contributed by atoms with Crippen LogP contribution in [-0.4, -0.2) is 36.5 Å². The van der Waals surface area contributed by atoms with E-state index in [-0.39, 0.29) is 18.3 Å². The zero-order valence-corrected chi connectivity index (χ0v) is 13.5. The molecule has 0 aromatic heterocycles. The molecule has 1 heterocycles. The van der Waals surface area contributed by atoms with Gasteiger partial charge in [0.2, 0.25) is 5.91 Å². The van der Waals surface area contributed by atoms with E-state index in [1.807, 2.05) is 11.8 Å². The van der Waals surface area contributed by atoms with E-state index in [4.69, 9.17) is 0 Å². The summed E-state index contributed by atoms with van der Waals surface area (Å²) in [5.74, 6) is 0.995. The number of halogens is 1. The monoisotopic (exact) mass is 306 g/mol. The van der Waals surface area contributed by atoms with Crippen molar-refractivity contribution in [3.05, 3.63) is 0 Å². The molecule has 2 aliphatic rings. The van der Waals surface area contributed by atoms with Crippen LogP contribution in [0.5, 0.6) is 0 Å². The Balaban J connectivity index is 0.00000180. The number of thioether (sulfide) groups is 1. The third-order valence-corrected chi connectivity index (χ3v) is 5.36. The molecule has 0 bridgehead atoms. The Morgan fingerprint density at radius 1 is 1.37 bits per heavy atom. The summed E-state index contributed by atoms with van der Waals surface area (Å²) in [7, 11) is 0. The van der Waals surface area contributed by atoms with Crippen LogP contribution < -0.4 is 10.6 Å². The smallest absolute Gasteiger partial charge is 0.220 e. The number of amides is 1. The molecule has 2 N–H and O–H groups in total. The van der Waals surface area contributed by atoms with Gasteiger partial charge in [0.25, 0.3) is 0 Å². The van der Waals surface area contributed by atoms with Crippen LogP contribution in [0.3, 0.4) is 0 Å². The Bertz CT molecular complexity index is 272. The molecule has 5 heteroatoms. The van der Waals surface area contributed by atoms with E-state index in [0.717, 1.165) is 37.1 Å². The number of carbonyl (C=O) groups excluding carboxylic acids is 1. The Hall–Kier alpha value is 0.0700. The minimum atomic E-state index is 0. The zero-order valence-electron chi connectivity index (χ0n) is 11.8. The second kappa shape index (κ2) is 9.09. The van der Waals surface area contributed by atoms with Gasteiger partial charge in [-0.1, -0.05) is 6.42 Å². The standard InChI is InChI=1S/C14H26N2OS.ClH/c1-18-13-4-2-3-12(9-13)16-14(17)6-5-11-7-8-15-10-11;/h11-13,15H,2-10H2,1H3,(H,16,17);1H. The van der Waals surface area contributed by atoms with Gasteiger partial charge < -0.3 is 10.6 Å². The first-order chi connectivity index (χ1) is 8.78. The van der Waals surface area contributed by atoms with Gasteiger partial charge in [0.15, 0.2) is 0 Å². The van der Waals surface area contributed by atoms with Gasteiger partial charge in [-0.05, 0) is 57.4 Å². The van der Waals surface area contributed by atoms with Crippen LogP contribution in [0.4, 0.5) is 0 Å². The molecule has 0 radical (unpaired) electrons. The normalized spacial score (nSPS) is 30.7. The molecule has 19 heavy (non-hydrogen) atoms. The average molecular weight is 307 g/mol. The van der Waals surface area contributed by atoms with Crippen molar-refractivity contribution in [1.82, 2.24) is 10.6 Å². The summed E-state index contributed by atoms with van der Waals surface area (Å²) < 4.78 is 0. The van der Waals surface area contributed by atoms with Crippen molar-refractivity contribution < 1.29 is 4.79 Å². The summed E-state index contributed by atoms with van der Waals surface area (Å²) in [4.78, 5) is 11.9. The quantitative estimate of drug-likeness (QED) is 0.820. The molecular weight excluding hydrogens is 280 g/mol. The summed E-state index contributed by atoms with van der Waals surface area (Å²) in [6, 6.07) is 0.436. The van der Waals surface area contributed by atoms with Crippen LogP contribution in [0, 0.1) is 5.92 Å². The van der Waals surface area contributed by atoms with E-state index in [2.05, 4.69) is 16.9 Å². The Morgan fingerprint density at radius 3 is 2.89 bits per heavy atom. The maximum Gasteiger partial charge on any atom is 0.220 e. The van der Waals surface area contributed by atoms with Crippen molar-refractivity contribution in [2.24, 2.45) is 5.92 Å². The molecule has 1 saturated heterocycles. The zero-order chi connectivity index (χ0) is 12.8. The number of hydrogen-bond donors (Lipinski definition) is 2. The lowest BCUT2D eigenvalue weighted by atomic mass is 9.94. The molecule has 2 rings (SSSR count). The fourth-order valence-electron chi connectivity index (χ4n) is 3.09. The van der Waals surface area contributed by atoms with Gasteiger partial charge in [0, 0.05) is 17.7 Å². The molecule has 1 amide bonds. The molecule has 1 aliphatic heterocycles. The number of carbonyl (C=O) groups is 1. The van der Waals surface area contributed by atoms with Crippen molar-refractivity contribution in [3.8, 4) is 0 Å². The Morgan fingerprint density at radius 2 is 2.21 bits per heavy atom. The molecule has 1 aliphatic carbocycles. The molecule has 0 spiro atoms. The molecule has 0 aromatic rings. The van der Waals surface area contributed by atoms with E-state index < -0.39 is 0 Å². The van der Waals surface area contributed by atoms with Gasteiger partial charge in [-0.15, -0.1) is 12.4 Å². The first-order valence-electron chi connectivity index (χ1n) is 7.31. The average Bonchev–Trinajstić information content (AvgIpc) is 2.90. The SMILES string of the molecule is CSC1CCCC(NC(=O)CCC2CCNC2)C1.Cl. The molecular formula is C14H27ClN2OS. The van der Waals surface area contributed by atoms with E-state index in [9.17, 15) is 4.79 Å². The van der Waals surface area contributed by atoms with Crippen molar-refractivity contribution in [3.63, 3.8) is 0 Å². The van der Waals surface area contributed by atoms with E-state index in [1.54, 1.807) is 0 Å². The highest BCUT2D eigenvalue weighted by atomic mass is 35.5. The fraction of sp³-hybridized carbons (Fsp3) is 0.929. The Labute approximate surface area is 127 Å². The summed E-state index contributed by atoms with van der Waals surface area (Å²) in [5, 5.41) is 7.34. The van der Waals surface area contributed by atoms with Gasteiger partial charge >= 0.3 is 0 Å². The number of hydrogen-bond acceptors (Lipinski definition) is 3. The topological polar surface area (TPSA) is 41.1 Å². The van der Waals surface area contributed by atoms with Crippen LogP contribution >= 0.6 is 24.2 Å². The highest BCUT2D eigenvalue weighted by molar-refractivity contribution is 7.99. The van der Waals surface area contributed by atoms with Crippen molar-refractivity contribution >= 4 is 30.1 Å². The Kier molecular flexibility index (Phi) is 8.19. The highest BCUT2D eigenvalue weighted by Gasteiger charge is 2.23. The van der Waals surface area contributed by atoms with Crippen LogP contribution in [0.1, 0.15) is 44.9 Å². The highest BCUT2D eigenvalue weighted by Crippen LogP contribution is 2.27. The molecule has 3 atom stereocenters. The van der Waals surface area contributed by atoms with Crippen molar-refractivity contribution in [2.45, 2.75) is 56.2 Å². The molecule has 0 aromatic carbocycles. The molecule has 1 saturated carbocycles. The first kappa shape index (κ1) is 17.1. The second-order valence-electron chi connectivity index (χ2n) is 5.69. The molecule has 112 valence electrons. The number of rotatable bonds is 5. The molecule has 3 unspecified atom stereocenters. The summed E-state index contributed by atoms with van der Waals surface area (Å²) in [5.41, 5.74) is 0. The third kappa shape index (κ3) is 5.92. The van der Waals surface area contributed by atoms with Crippen molar-refractivity contribution in [1.29, 1.82) is 0 Å². The van der Waals surface area contributed by atoms with Crippen molar-refractivity contribution in [2.75, 3.05) is 19.3 Å². The summed E-state index contributed by atoms with van der Waals surface area (Å²) in [6.07, 6.45) is 10.1. The second-order valence-corrected chi connectivity index (χ2v) is 6.82. The van der Waals surface area contributed by atoms with Crippen LogP contribution in [0.25, 0.3) is 0 Å². The number of nitrogens with one attached hydrogen (secondary N) is 2. The first-order valence-corrected chi connectivity index (χ1v) is 8.59. The lowest BCUT2D eigenvalue weighted by Gasteiger charge is -2.28. The summed E-state index contributed by atoms with van der Waals surface area (Å²) >= 11 is 1.95. The maximum absolute atomic E-state index is 11.9. The van der Waals surface area contributed by atoms with Gasteiger partial charge in [-0.25, -0.2) is 0 Å². The van der Waals surface area contributed by atoms with Gasteiger partial charge in [0.05, 0.1) is 0 Å². The molecule has 3 nitrogen and oxygen atoms in total. The minimum Gasteiger partial charge on any atom is -0.353 e. The van der Waals surface area contributed by atoms with Crippen LogP contribution in [-0.2, 0) is 4.79 Å². The predicted octanol–water partition coefficient (Wildman–Crippen LogP) is 2.59. The lowest BCUT2D eigenvalue weighted by molar-refractivity contribution is -0.122. The van der Waals surface area contributed by atoms with Gasteiger partial charge in [0.1, 0.15) is 0 Å². The van der Waals surface area contributed by atoms with Crippen LogP contribution in [0.15, 0.2) is 0 Å². The third-order valence-electron chi connectivity index (χ3n) is 4.27. The van der Waals surface area contributed by atoms with E-state index >= 15 is 0 Å². The largest absolute Gasteiger partial charge is 0.353 e. The predicted molar refractivity (Wildman–Crippen MR) is 85.2 cm³/mol.